The molecule has 1 rings (SSSR count). The molecule has 1 aromatic heterocycles. The summed E-state index contributed by atoms with van der Waals surface area (Å²) < 4.78 is 35.8. The molecule has 0 radical (unpaired) electrons. The van der Waals surface area contributed by atoms with Gasteiger partial charge in [0.1, 0.15) is 5.69 Å². The number of aromatic nitrogens is 2. The van der Waals surface area contributed by atoms with E-state index in [0.29, 0.717) is 0 Å². The number of halogens is 4. The first-order valence-corrected chi connectivity index (χ1v) is 5.07. The van der Waals surface area contributed by atoms with Gasteiger partial charge in [0.2, 0.25) is 11.1 Å². The van der Waals surface area contributed by atoms with Gasteiger partial charge in [0.05, 0.1) is 11.3 Å². The molecule has 0 aliphatic rings. The molecule has 0 saturated heterocycles. The molecule has 0 amide bonds. The molecule has 0 fully saturated rings. The fourth-order valence-corrected chi connectivity index (χ4v) is 1.41. The van der Waals surface area contributed by atoms with Crippen LogP contribution < -0.4 is 5.32 Å². The lowest BCUT2D eigenvalue weighted by Gasteiger charge is -2.09. The summed E-state index contributed by atoms with van der Waals surface area (Å²) in [4.78, 5) is 17.0. The van der Waals surface area contributed by atoms with Crippen LogP contribution in [0.5, 0.6) is 0 Å². The Morgan fingerprint density at radius 3 is 2.56 bits per heavy atom. The largest absolute Gasteiger partial charge is 0.390 e. The second-order valence-corrected chi connectivity index (χ2v) is 3.66. The lowest BCUT2D eigenvalue weighted by Crippen LogP contribution is -2.16. The molecule has 0 spiro atoms. The average Bonchev–Trinajstić information content (AvgIpc) is 2.13. The first-order valence-electron chi connectivity index (χ1n) is 4.70. The first-order chi connectivity index (χ1) is 8.20. The highest BCUT2D eigenvalue weighted by Crippen LogP contribution is 2.27. The maximum atomic E-state index is 11.9. The SMILES string of the molecule is Cc1nc(Cl)nc(NCCC(F)(F)F)c1[N+](=O)[O-]. The molecule has 1 aromatic rings. The van der Waals surface area contributed by atoms with E-state index in [2.05, 4.69) is 15.3 Å². The molecule has 1 heterocycles. The molecule has 0 aromatic carbocycles. The fourth-order valence-electron chi connectivity index (χ4n) is 1.20. The Morgan fingerprint density at radius 2 is 2.06 bits per heavy atom. The third-order valence-corrected chi connectivity index (χ3v) is 2.08. The molecule has 0 unspecified atom stereocenters. The monoisotopic (exact) mass is 284 g/mol. The minimum Gasteiger partial charge on any atom is -0.364 e. The average molecular weight is 285 g/mol. The van der Waals surface area contributed by atoms with Crippen molar-refractivity contribution in [3.8, 4) is 0 Å². The standard InChI is InChI=1S/C8H8ClF3N4O2/c1-4-5(16(17)18)6(15-7(9)14-4)13-3-2-8(10,11)12/h2-3H2,1H3,(H,13,14,15). The van der Waals surface area contributed by atoms with Crippen LogP contribution >= 0.6 is 11.6 Å². The summed E-state index contributed by atoms with van der Waals surface area (Å²) in [5, 5.41) is 12.7. The second-order valence-electron chi connectivity index (χ2n) is 3.32. The summed E-state index contributed by atoms with van der Waals surface area (Å²) in [6.07, 6.45) is -5.49. The lowest BCUT2D eigenvalue weighted by molar-refractivity contribution is -0.385. The van der Waals surface area contributed by atoms with Crippen LogP contribution in [0.4, 0.5) is 24.7 Å². The third kappa shape index (κ3) is 3.99. The summed E-state index contributed by atoms with van der Waals surface area (Å²) in [7, 11) is 0. The lowest BCUT2D eigenvalue weighted by atomic mass is 10.3. The van der Waals surface area contributed by atoms with Gasteiger partial charge in [-0.05, 0) is 18.5 Å². The molecule has 0 atom stereocenters. The number of rotatable bonds is 4. The van der Waals surface area contributed by atoms with Crippen LogP contribution in [0.15, 0.2) is 0 Å². The van der Waals surface area contributed by atoms with Crippen LogP contribution in [0, 0.1) is 17.0 Å². The zero-order valence-corrected chi connectivity index (χ0v) is 9.84. The molecular formula is C8H8ClF3N4O2. The molecule has 18 heavy (non-hydrogen) atoms. The van der Waals surface area contributed by atoms with Gasteiger partial charge in [-0.2, -0.15) is 18.2 Å². The van der Waals surface area contributed by atoms with Crippen molar-refractivity contribution in [2.24, 2.45) is 0 Å². The van der Waals surface area contributed by atoms with E-state index in [0.717, 1.165) is 0 Å². The summed E-state index contributed by atoms with van der Waals surface area (Å²) in [5.74, 6) is -0.318. The van der Waals surface area contributed by atoms with Gasteiger partial charge in [0, 0.05) is 6.54 Å². The van der Waals surface area contributed by atoms with E-state index in [1.807, 2.05) is 0 Å². The summed E-state index contributed by atoms with van der Waals surface area (Å²) >= 11 is 5.49. The topological polar surface area (TPSA) is 81.0 Å². The molecule has 10 heteroatoms. The Hall–Kier alpha value is -1.64. The number of aryl methyl sites for hydroxylation is 1. The van der Waals surface area contributed by atoms with Gasteiger partial charge in [-0.3, -0.25) is 10.1 Å². The molecule has 0 aliphatic heterocycles. The molecular weight excluding hydrogens is 277 g/mol. The van der Waals surface area contributed by atoms with Gasteiger partial charge in [0.25, 0.3) is 0 Å². The van der Waals surface area contributed by atoms with Crippen LogP contribution in [0.1, 0.15) is 12.1 Å². The van der Waals surface area contributed by atoms with Crippen LogP contribution in [0.3, 0.4) is 0 Å². The van der Waals surface area contributed by atoms with Crippen molar-refractivity contribution in [2.45, 2.75) is 19.5 Å². The number of nitrogens with one attached hydrogen (secondary N) is 1. The molecule has 6 nitrogen and oxygen atoms in total. The third-order valence-electron chi connectivity index (χ3n) is 1.91. The van der Waals surface area contributed by atoms with Crippen molar-refractivity contribution in [2.75, 3.05) is 11.9 Å². The number of anilines is 1. The van der Waals surface area contributed by atoms with Crippen molar-refractivity contribution < 1.29 is 18.1 Å². The highest BCUT2D eigenvalue weighted by Gasteiger charge is 2.27. The smallest absolute Gasteiger partial charge is 0.364 e. The fraction of sp³-hybridized carbons (Fsp3) is 0.500. The maximum Gasteiger partial charge on any atom is 0.390 e. The Kier molecular flexibility index (Phi) is 4.28. The predicted octanol–water partition coefficient (Wildman–Crippen LogP) is 2.71. The number of hydrogen-bond donors (Lipinski definition) is 1. The van der Waals surface area contributed by atoms with Crippen molar-refractivity contribution in [1.82, 2.24) is 9.97 Å². The van der Waals surface area contributed by atoms with Gasteiger partial charge in [-0.15, -0.1) is 0 Å². The summed E-state index contributed by atoms with van der Waals surface area (Å²) in [5.41, 5.74) is -0.504. The van der Waals surface area contributed by atoms with Gasteiger partial charge in [-0.1, -0.05) is 0 Å². The molecule has 1 N–H and O–H groups in total. The van der Waals surface area contributed by atoms with E-state index < -0.39 is 29.8 Å². The van der Waals surface area contributed by atoms with E-state index in [4.69, 9.17) is 11.6 Å². The zero-order chi connectivity index (χ0) is 13.9. The first kappa shape index (κ1) is 14.4. The Labute approximate surface area is 104 Å². The number of nitro groups is 1. The van der Waals surface area contributed by atoms with Gasteiger partial charge < -0.3 is 5.32 Å². The summed E-state index contributed by atoms with van der Waals surface area (Å²) in [6.45, 7) is 0.789. The summed E-state index contributed by atoms with van der Waals surface area (Å²) in [6, 6.07) is 0. The Balaban J connectivity index is 2.90. The van der Waals surface area contributed by atoms with Crippen LogP contribution in [-0.4, -0.2) is 27.6 Å². The van der Waals surface area contributed by atoms with E-state index >= 15 is 0 Å². The minimum atomic E-state index is -4.35. The maximum absolute atomic E-state index is 11.9. The molecule has 0 saturated carbocycles. The Morgan fingerprint density at radius 1 is 1.44 bits per heavy atom. The van der Waals surface area contributed by atoms with Crippen molar-refractivity contribution in [3.05, 3.63) is 21.1 Å². The van der Waals surface area contributed by atoms with E-state index in [9.17, 15) is 23.3 Å². The van der Waals surface area contributed by atoms with Gasteiger partial charge in [0.15, 0.2) is 0 Å². The predicted molar refractivity (Wildman–Crippen MR) is 57.6 cm³/mol. The second kappa shape index (κ2) is 5.34. The quantitative estimate of drug-likeness (QED) is 0.522. The minimum absolute atomic E-state index is 0.0190. The number of alkyl halides is 3. The Bertz CT molecular complexity index is 466. The van der Waals surface area contributed by atoms with Crippen molar-refractivity contribution >= 4 is 23.1 Å². The van der Waals surface area contributed by atoms with Crippen LogP contribution in [-0.2, 0) is 0 Å². The molecule has 0 aliphatic carbocycles. The van der Waals surface area contributed by atoms with Crippen molar-refractivity contribution in [3.63, 3.8) is 0 Å². The van der Waals surface area contributed by atoms with E-state index in [1.54, 1.807) is 0 Å². The normalized spacial score (nSPS) is 11.4. The van der Waals surface area contributed by atoms with Crippen LogP contribution in [0.25, 0.3) is 0 Å². The van der Waals surface area contributed by atoms with E-state index in [-0.39, 0.29) is 16.8 Å². The molecule has 100 valence electrons. The highest BCUT2D eigenvalue weighted by atomic mass is 35.5. The van der Waals surface area contributed by atoms with Crippen LogP contribution in [0.2, 0.25) is 5.28 Å². The number of hydrogen-bond acceptors (Lipinski definition) is 5. The number of nitrogens with zero attached hydrogens (tertiary/aromatic N) is 3. The van der Waals surface area contributed by atoms with Gasteiger partial charge in [-0.25, -0.2) is 4.98 Å². The highest BCUT2D eigenvalue weighted by molar-refractivity contribution is 6.28. The van der Waals surface area contributed by atoms with Gasteiger partial charge >= 0.3 is 11.9 Å². The van der Waals surface area contributed by atoms with Crippen molar-refractivity contribution in [1.29, 1.82) is 0 Å². The zero-order valence-electron chi connectivity index (χ0n) is 9.08. The molecule has 0 bridgehead atoms. The van der Waals surface area contributed by atoms with E-state index in [1.165, 1.54) is 6.92 Å².